The number of aliphatic hydroxyl groups excluding tert-OH is 1. The third-order valence-electron chi connectivity index (χ3n) is 15.4. The molecule has 4 N–H and O–H groups in total. The molecule has 27 nitrogen and oxygen atoms in total. The van der Waals surface area contributed by atoms with Gasteiger partial charge in [0.25, 0.3) is 11.8 Å². The minimum atomic E-state index is -1.89. The molecule has 10 atom stereocenters. The summed E-state index contributed by atoms with van der Waals surface area (Å²) in [6.07, 6.45) is -1.59. The Morgan fingerprint density at radius 3 is 2.22 bits per heavy atom. The van der Waals surface area contributed by atoms with Crippen LogP contribution in [0.5, 0.6) is 5.75 Å². The number of thioether (sulfide) groups is 1. The van der Waals surface area contributed by atoms with Crippen molar-refractivity contribution in [1.29, 1.82) is 0 Å². The molecule has 0 aliphatic carbocycles. The van der Waals surface area contributed by atoms with E-state index in [9.17, 15) is 53.4 Å². The summed E-state index contributed by atoms with van der Waals surface area (Å²) < 4.78 is 51.3. The maximum absolute atomic E-state index is 14.4. The molecule has 6 rings (SSSR count). The average molecular weight is 1250 g/mol. The number of anilines is 1. The molecular weight excluding hydrogens is 1170 g/mol. The number of benzene rings is 1. The van der Waals surface area contributed by atoms with Gasteiger partial charge in [-0.25, -0.2) is 9.59 Å². The summed E-state index contributed by atoms with van der Waals surface area (Å²) in [6, 6.07) is 2.55. The van der Waals surface area contributed by atoms with Gasteiger partial charge in [0, 0.05) is 84.5 Å². The minimum absolute atomic E-state index is 0.0154. The Kier molecular flexibility index (Phi) is 26.1. The Bertz CT molecular complexity index is 2650. The number of alkyl carbamates (subject to hydrolysis) is 1. The van der Waals surface area contributed by atoms with E-state index in [0.29, 0.717) is 22.9 Å². The number of methoxy groups -OCH3 is 2. The average Bonchev–Trinajstić information content (AvgIpc) is 1.58. The molecule has 1 aromatic rings. The number of nitrogens with zero attached hydrogens (tertiary/aromatic N) is 4. The number of amides is 8. The lowest BCUT2D eigenvalue weighted by molar-refractivity contribution is -0.198. The molecule has 4 saturated heterocycles. The van der Waals surface area contributed by atoms with Crippen molar-refractivity contribution in [2.24, 2.45) is 5.92 Å². The number of aliphatic hydroxyl groups is 2. The largest absolute Gasteiger partial charge is 0.495 e. The number of epoxide rings is 1. The molecule has 478 valence electrons. The molecule has 0 spiro atoms. The van der Waals surface area contributed by atoms with Crippen molar-refractivity contribution in [2.75, 3.05) is 105 Å². The summed E-state index contributed by atoms with van der Waals surface area (Å²) in [5.74, 6) is -4.14. The maximum atomic E-state index is 14.4. The van der Waals surface area contributed by atoms with Crippen molar-refractivity contribution < 1.29 is 101 Å². The van der Waals surface area contributed by atoms with E-state index in [0.717, 1.165) is 27.8 Å². The summed E-state index contributed by atoms with van der Waals surface area (Å²) >= 11 is 7.96. The maximum Gasteiger partial charge on any atom is 0.409 e. The van der Waals surface area contributed by atoms with E-state index in [2.05, 4.69) is 10.6 Å². The first-order chi connectivity index (χ1) is 40.9. The van der Waals surface area contributed by atoms with Crippen LogP contribution in [0.2, 0.25) is 5.02 Å². The number of likely N-dealkylation sites (tertiary alicyclic amines) is 1. The van der Waals surface area contributed by atoms with Crippen LogP contribution in [0.4, 0.5) is 10.5 Å². The van der Waals surface area contributed by atoms with Crippen molar-refractivity contribution in [2.45, 2.75) is 139 Å². The number of halogens is 1. The Morgan fingerprint density at radius 2 is 1.57 bits per heavy atom. The van der Waals surface area contributed by atoms with Crippen LogP contribution in [0.15, 0.2) is 35.9 Å². The van der Waals surface area contributed by atoms with Crippen LogP contribution < -0.4 is 20.3 Å². The predicted octanol–water partition coefficient (Wildman–Crippen LogP) is 2.13. The van der Waals surface area contributed by atoms with Gasteiger partial charge in [-0.2, -0.15) is 0 Å². The lowest BCUT2D eigenvalue weighted by Crippen LogP contribution is -2.63. The van der Waals surface area contributed by atoms with E-state index < -0.39 is 107 Å². The van der Waals surface area contributed by atoms with E-state index >= 15 is 0 Å². The van der Waals surface area contributed by atoms with E-state index in [4.69, 9.17) is 59.1 Å². The first-order valence-corrected chi connectivity index (χ1v) is 29.9. The quantitative estimate of drug-likeness (QED) is 0.0386. The molecule has 5 aliphatic rings. The van der Waals surface area contributed by atoms with Crippen LogP contribution in [0, 0.1) is 5.92 Å². The van der Waals surface area contributed by atoms with Gasteiger partial charge in [-0.15, -0.1) is 16.8 Å². The Morgan fingerprint density at radius 1 is 0.919 bits per heavy atom. The third kappa shape index (κ3) is 18.9. The molecule has 2 unspecified atom stereocenters. The second kappa shape index (κ2) is 32.4. The molecule has 4 fully saturated rings. The molecule has 0 aromatic heterocycles. The van der Waals surface area contributed by atoms with Crippen LogP contribution in [0.1, 0.15) is 84.6 Å². The first-order valence-electron chi connectivity index (χ1n) is 28.5. The summed E-state index contributed by atoms with van der Waals surface area (Å²) in [4.78, 5) is 123. The lowest BCUT2D eigenvalue weighted by atomic mass is 9.83. The Hall–Kier alpha value is -5.79. The van der Waals surface area contributed by atoms with Crippen molar-refractivity contribution in [1.82, 2.24) is 25.5 Å². The minimum Gasteiger partial charge on any atom is -0.495 e. The smallest absolute Gasteiger partial charge is 0.409 e. The zero-order chi connectivity index (χ0) is 62.9. The fourth-order valence-corrected chi connectivity index (χ4v) is 11.5. The van der Waals surface area contributed by atoms with E-state index in [-0.39, 0.29) is 134 Å². The highest BCUT2D eigenvalue weighted by Gasteiger charge is 2.64. The number of fused-ring (bicyclic) bond motifs is 5. The summed E-state index contributed by atoms with van der Waals surface area (Å²) in [5, 5.41) is 28.7. The summed E-state index contributed by atoms with van der Waals surface area (Å²) in [6.45, 7) is 8.77. The van der Waals surface area contributed by atoms with Gasteiger partial charge in [-0.05, 0) is 44.9 Å². The number of carbonyl (C=O) groups excluding carboxylic acids is 9. The Balaban J connectivity index is 0.915. The predicted molar refractivity (Wildman–Crippen MR) is 307 cm³/mol. The zero-order valence-corrected chi connectivity index (χ0v) is 51.4. The number of ether oxygens (including phenoxy) is 9. The molecule has 5 heterocycles. The molecule has 4 bridgehead atoms. The molecule has 5 aliphatic heterocycles. The molecule has 1 aromatic carbocycles. The number of hydrogen-bond donors (Lipinski definition) is 4. The normalized spacial score (nSPS) is 27.0. The highest BCUT2D eigenvalue weighted by molar-refractivity contribution is 8.00. The van der Waals surface area contributed by atoms with Crippen molar-refractivity contribution in [3.8, 4) is 5.75 Å². The van der Waals surface area contributed by atoms with Gasteiger partial charge < -0.3 is 72.8 Å². The number of hydroxylamine groups is 2. The van der Waals surface area contributed by atoms with E-state index in [1.165, 1.54) is 31.1 Å². The van der Waals surface area contributed by atoms with Crippen LogP contribution in [-0.2, 0) is 87.5 Å². The number of allylic oxidation sites excluding steroid dienone is 3. The first kappa shape index (κ1) is 69.3. The van der Waals surface area contributed by atoms with Gasteiger partial charge in [0.1, 0.15) is 34.7 Å². The SMILES string of the molecule is COc1cc2cc(c1Cl)N(C)C(=O)C[C@H](OC(O)[C@@H](C)N(C)C(=O)CCSC1CC(=O)N(CCC(=O)NCCOCCOCCOCCOCCC(=O)ON3C(=O)CCC3=O)C1=O)[C@]1(C)O[C@H]1[C@H](C)[C@@H]1C[C@@](O)(NC(=O)O1)[C@H](OC)/C=C/C=C(\C)C2. The van der Waals surface area contributed by atoms with Crippen LogP contribution in [-0.4, -0.2) is 232 Å². The van der Waals surface area contributed by atoms with Crippen molar-refractivity contribution >= 4 is 82.5 Å². The number of carbonyl (C=O) groups is 9. The Labute approximate surface area is 508 Å². The van der Waals surface area contributed by atoms with Gasteiger partial charge in [0.2, 0.25) is 29.5 Å². The second-order valence-electron chi connectivity index (χ2n) is 21.6. The van der Waals surface area contributed by atoms with E-state index in [1.807, 2.05) is 13.0 Å². The molecule has 29 heteroatoms. The molecule has 0 radical (unpaired) electrons. The fraction of sp³-hybridized carbons (Fsp3) is 0.667. The van der Waals surface area contributed by atoms with Gasteiger partial charge in [0.05, 0.1) is 95.9 Å². The van der Waals surface area contributed by atoms with Crippen LogP contribution in [0.25, 0.3) is 0 Å². The molecule has 0 saturated carbocycles. The fourth-order valence-electron chi connectivity index (χ4n) is 10.1. The highest BCUT2D eigenvalue weighted by atomic mass is 35.5. The summed E-state index contributed by atoms with van der Waals surface area (Å²) in [5.41, 5.74) is -1.15. The standard InChI is InChI=1S/C57H81ClN6O21S/c1-34-10-9-11-42(77-8)57(75)33-40(82-55(74)60-57)35(2)52-56(4,84-52)43(32-48(69)62(6)38-29-37(28-34)30-39(76-7)51(38)58)83-54(73)36(3)61(5)45(66)16-27-86-41-31-49(70)63(53(41)72)18-14-44(65)59-17-20-79-22-24-81-26-25-80-23-21-78-19-15-50(71)85-64-46(67)12-13-47(64)68/h9-11,29-30,35-36,40-43,52,54,73,75H,12-28,31-33H2,1-8H3,(H,59,65)(H,60,74)/b11-9+,34-10+/t35-,36-,40+,41?,42-,43+,52+,54?,56+,57+/m1/s1. The van der Waals surface area contributed by atoms with Crippen molar-refractivity contribution in [3.05, 3.63) is 46.5 Å². The number of imide groups is 2. The van der Waals surface area contributed by atoms with Crippen LogP contribution in [0.3, 0.4) is 0 Å². The third-order valence-corrected chi connectivity index (χ3v) is 17.0. The van der Waals surface area contributed by atoms with Gasteiger partial charge in [0.15, 0.2) is 12.0 Å². The van der Waals surface area contributed by atoms with Gasteiger partial charge >= 0.3 is 12.1 Å². The van der Waals surface area contributed by atoms with Crippen LogP contribution >= 0.6 is 23.4 Å². The zero-order valence-electron chi connectivity index (χ0n) is 49.9. The monoisotopic (exact) mass is 1250 g/mol. The topological polar surface area (TPSA) is 327 Å². The second-order valence-corrected chi connectivity index (χ2v) is 23.3. The number of likely N-dealkylation sites (N-methyl/N-ethyl adjacent to an activating group) is 1. The number of hydrogen-bond acceptors (Lipinski definition) is 22. The van der Waals surface area contributed by atoms with Gasteiger partial charge in [-0.1, -0.05) is 42.3 Å². The van der Waals surface area contributed by atoms with Gasteiger partial charge in [-0.3, -0.25) is 43.8 Å². The van der Waals surface area contributed by atoms with E-state index in [1.54, 1.807) is 52.1 Å². The molecular formula is C57H81ClN6O21S. The number of nitrogens with one attached hydrogen (secondary N) is 2. The highest BCUT2D eigenvalue weighted by Crippen LogP contribution is 2.49. The summed E-state index contributed by atoms with van der Waals surface area (Å²) in [7, 11) is 5.91. The number of rotatable bonds is 29. The lowest BCUT2D eigenvalue weighted by Gasteiger charge is -2.42. The molecule has 86 heavy (non-hydrogen) atoms. The van der Waals surface area contributed by atoms with Crippen molar-refractivity contribution in [3.63, 3.8) is 0 Å². The molecule has 8 amide bonds.